The number of hydrogen-bond acceptors (Lipinski definition) is 2. The van der Waals surface area contributed by atoms with E-state index in [2.05, 4.69) is 4.74 Å². The highest BCUT2D eigenvalue weighted by Gasteiger charge is 2.67. The van der Waals surface area contributed by atoms with Gasteiger partial charge in [-0.15, -0.1) is 0 Å². The molecule has 0 aliphatic carbocycles. The van der Waals surface area contributed by atoms with Gasteiger partial charge in [-0.05, 0) is 13.3 Å². The predicted molar refractivity (Wildman–Crippen MR) is 49.6 cm³/mol. The van der Waals surface area contributed by atoms with E-state index < -0.39 is 24.1 Å². The molecule has 0 aromatic carbocycles. The molecule has 2 atom stereocenters. The maximum Gasteiger partial charge on any atom is 0.456 e. The van der Waals surface area contributed by atoms with E-state index in [-0.39, 0.29) is 19.6 Å². The second kappa shape index (κ2) is 5.20. The fourth-order valence-corrected chi connectivity index (χ4v) is 1.51. The highest BCUT2D eigenvalue weighted by molar-refractivity contribution is 4.94. The van der Waals surface area contributed by atoms with Crippen LogP contribution in [0.4, 0.5) is 22.0 Å². The van der Waals surface area contributed by atoms with Gasteiger partial charge in [0.1, 0.15) is 6.10 Å². The SMILES string of the molecule is CC=COCCC1COC1C(F)(F)C(F)(F)F. The third kappa shape index (κ3) is 3.08. The Kier molecular flexibility index (Phi) is 4.35. The van der Waals surface area contributed by atoms with Crippen LogP contribution in [-0.4, -0.2) is 31.4 Å². The largest absolute Gasteiger partial charge is 0.502 e. The zero-order valence-corrected chi connectivity index (χ0v) is 9.14. The minimum Gasteiger partial charge on any atom is -0.502 e. The van der Waals surface area contributed by atoms with Gasteiger partial charge in [0.25, 0.3) is 0 Å². The Hall–Kier alpha value is -0.850. The van der Waals surface area contributed by atoms with Crippen molar-refractivity contribution in [2.45, 2.75) is 31.5 Å². The molecule has 100 valence electrons. The van der Waals surface area contributed by atoms with Crippen molar-refractivity contribution in [1.29, 1.82) is 0 Å². The number of alkyl halides is 5. The molecule has 0 bridgehead atoms. The number of ether oxygens (including phenoxy) is 2. The molecule has 1 aliphatic rings. The number of hydrogen-bond donors (Lipinski definition) is 0. The molecule has 1 fully saturated rings. The van der Waals surface area contributed by atoms with Crippen LogP contribution >= 0.6 is 0 Å². The molecule has 0 spiro atoms. The van der Waals surface area contributed by atoms with Gasteiger partial charge >= 0.3 is 12.1 Å². The lowest BCUT2D eigenvalue weighted by Crippen LogP contribution is -2.58. The zero-order valence-electron chi connectivity index (χ0n) is 9.14. The second-order valence-corrected chi connectivity index (χ2v) is 3.76. The van der Waals surface area contributed by atoms with Crippen molar-refractivity contribution in [2.75, 3.05) is 13.2 Å². The first-order valence-electron chi connectivity index (χ1n) is 5.09. The minimum absolute atomic E-state index is 0.0878. The van der Waals surface area contributed by atoms with Gasteiger partial charge in [-0.1, -0.05) is 6.08 Å². The summed E-state index contributed by atoms with van der Waals surface area (Å²) in [7, 11) is 0. The molecule has 0 aromatic heterocycles. The molecule has 7 heteroatoms. The van der Waals surface area contributed by atoms with E-state index in [9.17, 15) is 22.0 Å². The maximum atomic E-state index is 12.9. The summed E-state index contributed by atoms with van der Waals surface area (Å²) in [6.07, 6.45) is -4.59. The van der Waals surface area contributed by atoms with Crippen molar-refractivity contribution in [3.63, 3.8) is 0 Å². The lowest BCUT2D eigenvalue weighted by molar-refractivity contribution is -0.352. The Morgan fingerprint density at radius 1 is 1.29 bits per heavy atom. The minimum atomic E-state index is -5.57. The standard InChI is InChI=1S/C10H13F5O2/c1-2-4-16-5-3-7-6-17-8(7)9(11,12)10(13,14)15/h2,4,7-8H,3,5-6H2,1H3. The highest BCUT2D eigenvalue weighted by Crippen LogP contribution is 2.45. The van der Waals surface area contributed by atoms with Gasteiger partial charge in [-0.3, -0.25) is 0 Å². The highest BCUT2D eigenvalue weighted by atomic mass is 19.4. The van der Waals surface area contributed by atoms with Gasteiger partial charge in [0.15, 0.2) is 0 Å². The van der Waals surface area contributed by atoms with Crippen molar-refractivity contribution in [3.05, 3.63) is 12.3 Å². The predicted octanol–water partition coefficient (Wildman–Crippen LogP) is 3.14. The van der Waals surface area contributed by atoms with Crippen LogP contribution in [-0.2, 0) is 9.47 Å². The first-order chi connectivity index (χ1) is 7.80. The van der Waals surface area contributed by atoms with Crippen LogP contribution in [0, 0.1) is 5.92 Å². The normalized spacial score (nSPS) is 26.0. The van der Waals surface area contributed by atoms with E-state index in [0.717, 1.165) is 0 Å². The Labute approximate surface area is 95.4 Å². The molecule has 2 unspecified atom stereocenters. The molecule has 1 heterocycles. The van der Waals surface area contributed by atoms with Crippen LogP contribution in [0.2, 0.25) is 0 Å². The van der Waals surface area contributed by atoms with Crippen LogP contribution in [0.15, 0.2) is 12.3 Å². The van der Waals surface area contributed by atoms with Gasteiger partial charge in [0, 0.05) is 5.92 Å². The Morgan fingerprint density at radius 3 is 2.35 bits per heavy atom. The van der Waals surface area contributed by atoms with Crippen molar-refractivity contribution in [1.82, 2.24) is 0 Å². The molecule has 0 aromatic rings. The monoisotopic (exact) mass is 260 g/mol. The van der Waals surface area contributed by atoms with Crippen molar-refractivity contribution >= 4 is 0 Å². The van der Waals surface area contributed by atoms with Gasteiger partial charge in [0.2, 0.25) is 0 Å². The van der Waals surface area contributed by atoms with E-state index in [1.807, 2.05) is 0 Å². The summed E-state index contributed by atoms with van der Waals surface area (Å²) >= 11 is 0. The van der Waals surface area contributed by atoms with Gasteiger partial charge < -0.3 is 9.47 Å². The summed E-state index contributed by atoms with van der Waals surface area (Å²) in [6, 6.07) is 0. The van der Waals surface area contributed by atoms with Gasteiger partial charge in [0.05, 0.1) is 19.5 Å². The fourth-order valence-electron chi connectivity index (χ4n) is 1.51. The number of rotatable bonds is 5. The quantitative estimate of drug-likeness (QED) is 0.429. The Morgan fingerprint density at radius 2 is 1.94 bits per heavy atom. The second-order valence-electron chi connectivity index (χ2n) is 3.76. The topological polar surface area (TPSA) is 18.5 Å². The van der Waals surface area contributed by atoms with Crippen LogP contribution in [0.3, 0.4) is 0 Å². The molecular weight excluding hydrogens is 247 g/mol. The molecule has 0 amide bonds. The van der Waals surface area contributed by atoms with Gasteiger partial charge in [-0.2, -0.15) is 22.0 Å². The molecule has 1 saturated heterocycles. The molecule has 0 radical (unpaired) electrons. The number of halogens is 5. The Bertz CT molecular complexity index is 274. The summed E-state index contributed by atoms with van der Waals surface area (Å²) in [5.74, 6) is -5.62. The fraction of sp³-hybridized carbons (Fsp3) is 0.800. The average Bonchev–Trinajstić information content (AvgIpc) is 2.13. The van der Waals surface area contributed by atoms with Crippen LogP contribution in [0.25, 0.3) is 0 Å². The first kappa shape index (κ1) is 14.2. The first-order valence-corrected chi connectivity index (χ1v) is 5.09. The third-order valence-corrected chi connectivity index (χ3v) is 2.49. The molecular formula is C10H13F5O2. The van der Waals surface area contributed by atoms with Crippen LogP contribution in [0.1, 0.15) is 13.3 Å². The van der Waals surface area contributed by atoms with Crippen molar-refractivity contribution in [3.8, 4) is 0 Å². The molecule has 0 saturated carbocycles. The van der Waals surface area contributed by atoms with E-state index >= 15 is 0 Å². The van der Waals surface area contributed by atoms with Crippen molar-refractivity contribution in [2.24, 2.45) is 5.92 Å². The van der Waals surface area contributed by atoms with E-state index in [1.54, 1.807) is 13.0 Å². The van der Waals surface area contributed by atoms with E-state index in [4.69, 9.17) is 4.74 Å². The summed E-state index contributed by atoms with van der Waals surface area (Å²) in [5, 5.41) is 0. The smallest absolute Gasteiger partial charge is 0.456 e. The third-order valence-electron chi connectivity index (χ3n) is 2.49. The van der Waals surface area contributed by atoms with E-state index in [0.29, 0.717) is 0 Å². The summed E-state index contributed by atoms with van der Waals surface area (Å²) < 4.78 is 71.2. The van der Waals surface area contributed by atoms with Gasteiger partial charge in [-0.25, -0.2) is 0 Å². The molecule has 1 rings (SSSR count). The summed E-state index contributed by atoms with van der Waals surface area (Å²) in [4.78, 5) is 0. The molecule has 1 aliphatic heterocycles. The van der Waals surface area contributed by atoms with Crippen LogP contribution in [0.5, 0.6) is 0 Å². The Balaban J connectivity index is 2.45. The van der Waals surface area contributed by atoms with Crippen molar-refractivity contribution < 1.29 is 31.4 Å². The molecule has 0 N–H and O–H groups in total. The molecule has 17 heavy (non-hydrogen) atoms. The van der Waals surface area contributed by atoms with Crippen LogP contribution < -0.4 is 0 Å². The maximum absolute atomic E-state index is 12.9. The lowest BCUT2D eigenvalue weighted by Gasteiger charge is -2.41. The summed E-state index contributed by atoms with van der Waals surface area (Å²) in [5.41, 5.74) is 0. The lowest BCUT2D eigenvalue weighted by atomic mass is 9.89. The number of allylic oxidation sites excluding steroid dienone is 1. The van der Waals surface area contributed by atoms with E-state index in [1.165, 1.54) is 6.26 Å². The zero-order chi connectivity index (χ0) is 13.1. The molecule has 2 nitrogen and oxygen atoms in total. The average molecular weight is 260 g/mol. The summed E-state index contributed by atoms with van der Waals surface area (Å²) in [6.45, 7) is 1.71.